The molecule has 2 aromatic rings. The van der Waals surface area contributed by atoms with Crippen molar-refractivity contribution in [2.24, 2.45) is 4.99 Å². The topological polar surface area (TPSA) is 61.8 Å². The average Bonchev–Trinajstić information content (AvgIpc) is 3.41. The molecular weight excluding hydrogens is 302 g/mol. The van der Waals surface area contributed by atoms with Crippen LogP contribution in [0, 0.1) is 6.92 Å². The lowest BCUT2D eigenvalue weighted by molar-refractivity contribution is -0.116. The molecule has 0 atom stereocenters. The van der Waals surface area contributed by atoms with Crippen molar-refractivity contribution in [2.45, 2.75) is 25.3 Å². The normalized spacial score (nSPS) is 15.0. The third kappa shape index (κ3) is 2.93. The van der Waals surface area contributed by atoms with Gasteiger partial charge in [-0.3, -0.25) is 14.5 Å². The number of hydrogen-bond acceptors (Lipinski definition) is 3. The van der Waals surface area contributed by atoms with Crippen molar-refractivity contribution in [1.29, 1.82) is 0 Å². The van der Waals surface area contributed by atoms with Gasteiger partial charge in [0, 0.05) is 5.69 Å². The van der Waals surface area contributed by atoms with E-state index in [4.69, 9.17) is 0 Å². The molecule has 5 nitrogen and oxygen atoms in total. The van der Waals surface area contributed by atoms with Gasteiger partial charge in [-0.15, -0.1) is 0 Å². The van der Waals surface area contributed by atoms with Gasteiger partial charge < -0.3 is 5.32 Å². The zero-order valence-electron chi connectivity index (χ0n) is 13.5. The summed E-state index contributed by atoms with van der Waals surface area (Å²) in [6, 6.07) is 15.5. The molecule has 2 aromatic carbocycles. The molecule has 122 valence electrons. The largest absolute Gasteiger partial charge is 0.328 e. The van der Waals surface area contributed by atoms with E-state index < -0.39 is 0 Å². The summed E-state index contributed by atoms with van der Waals surface area (Å²) >= 11 is 0. The number of aliphatic imine (C=N–C) groups is 1. The molecule has 3 rings (SSSR count). The number of amides is 2. The maximum atomic E-state index is 11.6. The molecule has 1 aliphatic carbocycles. The third-order valence-corrected chi connectivity index (χ3v) is 4.48. The Morgan fingerprint density at radius 2 is 1.83 bits per heavy atom. The van der Waals surface area contributed by atoms with Crippen molar-refractivity contribution >= 4 is 30.5 Å². The van der Waals surface area contributed by atoms with Gasteiger partial charge in [0.05, 0.1) is 17.6 Å². The lowest BCUT2D eigenvalue weighted by Gasteiger charge is -2.24. The van der Waals surface area contributed by atoms with Crippen LogP contribution in [0.25, 0.3) is 0 Å². The first-order valence-corrected chi connectivity index (χ1v) is 7.84. The molecule has 1 fully saturated rings. The van der Waals surface area contributed by atoms with Crippen LogP contribution >= 0.6 is 0 Å². The van der Waals surface area contributed by atoms with Crippen molar-refractivity contribution in [3.05, 3.63) is 59.7 Å². The van der Waals surface area contributed by atoms with E-state index in [1.54, 1.807) is 11.2 Å². The molecule has 0 saturated heterocycles. The quantitative estimate of drug-likeness (QED) is 0.483. The Balaban J connectivity index is 1.87. The van der Waals surface area contributed by atoms with Gasteiger partial charge in [0.2, 0.25) is 12.8 Å². The van der Waals surface area contributed by atoms with Crippen LogP contribution in [-0.2, 0) is 15.1 Å². The van der Waals surface area contributed by atoms with Crippen LogP contribution in [0.3, 0.4) is 0 Å². The number of carbonyl (C=O) groups is 2. The minimum Gasteiger partial charge on any atom is -0.328 e. The van der Waals surface area contributed by atoms with Crippen molar-refractivity contribution in [3.8, 4) is 0 Å². The second-order valence-electron chi connectivity index (χ2n) is 5.87. The Kier molecular flexibility index (Phi) is 4.42. The zero-order valence-corrected chi connectivity index (χ0v) is 13.5. The lowest BCUT2D eigenvalue weighted by Crippen LogP contribution is -2.32. The van der Waals surface area contributed by atoms with Crippen molar-refractivity contribution in [1.82, 2.24) is 4.90 Å². The third-order valence-electron chi connectivity index (χ3n) is 4.48. The molecule has 2 amide bonds. The number of nitrogens with one attached hydrogen (secondary N) is 1. The Morgan fingerprint density at radius 3 is 2.46 bits per heavy atom. The molecule has 0 spiro atoms. The van der Waals surface area contributed by atoms with Crippen LogP contribution in [0.5, 0.6) is 0 Å². The molecule has 0 aliphatic heterocycles. The van der Waals surface area contributed by atoms with E-state index in [0.29, 0.717) is 12.1 Å². The summed E-state index contributed by atoms with van der Waals surface area (Å²) < 4.78 is 0. The van der Waals surface area contributed by atoms with Crippen LogP contribution in [0.1, 0.15) is 24.0 Å². The zero-order chi connectivity index (χ0) is 17.0. The first-order valence-electron chi connectivity index (χ1n) is 7.84. The van der Waals surface area contributed by atoms with Crippen molar-refractivity contribution < 1.29 is 9.59 Å². The van der Waals surface area contributed by atoms with Gasteiger partial charge >= 0.3 is 0 Å². The fourth-order valence-corrected chi connectivity index (χ4v) is 2.91. The van der Waals surface area contributed by atoms with Crippen molar-refractivity contribution in [3.63, 3.8) is 0 Å². The van der Waals surface area contributed by atoms with Crippen molar-refractivity contribution in [2.75, 3.05) is 5.32 Å². The fourth-order valence-electron chi connectivity index (χ4n) is 2.91. The molecule has 1 saturated carbocycles. The highest BCUT2D eigenvalue weighted by atomic mass is 16.1. The van der Waals surface area contributed by atoms with Gasteiger partial charge in [0.25, 0.3) is 0 Å². The number of benzene rings is 2. The standard InChI is InChI=1S/C19H19N3O2/c1-15-17(8-5-9-18(15)21-13-23)20-12-22(14-24)19(10-11-19)16-6-3-2-4-7-16/h2-9,12-14H,10-11H2,1H3,(H,21,23). The van der Waals surface area contributed by atoms with Gasteiger partial charge in [-0.25, -0.2) is 4.99 Å². The lowest BCUT2D eigenvalue weighted by atomic mass is 10.0. The van der Waals surface area contributed by atoms with E-state index in [0.717, 1.165) is 36.1 Å². The highest BCUT2D eigenvalue weighted by molar-refractivity contribution is 5.80. The van der Waals surface area contributed by atoms with E-state index in [-0.39, 0.29) is 5.54 Å². The van der Waals surface area contributed by atoms with E-state index in [9.17, 15) is 9.59 Å². The minimum absolute atomic E-state index is 0.279. The summed E-state index contributed by atoms with van der Waals surface area (Å²) in [5.74, 6) is 0. The molecule has 24 heavy (non-hydrogen) atoms. The summed E-state index contributed by atoms with van der Waals surface area (Å²) in [6.07, 6.45) is 4.90. The molecule has 0 aromatic heterocycles. The van der Waals surface area contributed by atoms with E-state index in [1.165, 1.54) is 0 Å². The van der Waals surface area contributed by atoms with Gasteiger partial charge in [0.1, 0.15) is 0 Å². The summed E-state index contributed by atoms with van der Waals surface area (Å²) in [6.45, 7) is 1.88. The number of rotatable bonds is 7. The highest BCUT2D eigenvalue weighted by Crippen LogP contribution is 2.49. The Labute approximate surface area is 141 Å². The minimum atomic E-state index is -0.279. The predicted molar refractivity (Wildman–Crippen MR) is 94.3 cm³/mol. The van der Waals surface area contributed by atoms with Gasteiger partial charge in [-0.05, 0) is 43.0 Å². The molecule has 1 aliphatic rings. The van der Waals surface area contributed by atoms with Crippen LogP contribution in [0.2, 0.25) is 0 Å². The fraction of sp³-hybridized carbons (Fsp3) is 0.211. The van der Waals surface area contributed by atoms with Crippen LogP contribution in [0.4, 0.5) is 11.4 Å². The monoisotopic (exact) mass is 321 g/mol. The summed E-state index contributed by atoms with van der Waals surface area (Å²) in [4.78, 5) is 28.4. The molecule has 0 radical (unpaired) electrons. The smallest absolute Gasteiger partial charge is 0.215 e. The SMILES string of the molecule is Cc1c(N=CN(C=O)C2(c3ccccc3)CC2)cccc1NC=O. The van der Waals surface area contributed by atoms with Crippen LogP contribution in [-0.4, -0.2) is 24.1 Å². The first kappa shape index (κ1) is 15.9. The molecule has 5 heteroatoms. The maximum absolute atomic E-state index is 11.6. The van der Waals surface area contributed by atoms with Crippen LogP contribution < -0.4 is 5.32 Å². The van der Waals surface area contributed by atoms with E-state index >= 15 is 0 Å². The van der Waals surface area contributed by atoms with Gasteiger partial charge in [0.15, 0.2) is 0 Å². The Hall–Kier alpha value is -2.95. The maximum Gasteiger partial charge on any atom is 0.215 e. The summed E-state index contributed by atoms with van der Waals surface area (Å²) in [7, 11) is 0. The first-order chi connectivity index (χ1) is 11.7. The summed E-state index contributed by atoms with van der Waals surface area (Å²) in [5, 5.41) is 2.65. The van der Waals surface area contributed by atoms with Crippen LogP contribution in [0.15, 0.2) is 53.5 Å². The van der Waals surface area contributed by atoms with Gasteiger partial charge in [-0.1, -0.05) is 36.4 Å². The highest BCUT2D eigenvalue weighted by Gasteiger charge is 2.48. The molecule has 0 bridgehead atoms. The Bertz CT molecular complexity index is 767. The molecule has 0 heterocycles. The number of nitrogens with zero attached hydrogens (tertiary/aromatic N) is 2. The predicted octanol–water partition coefficient (Wildman–Crippen LogP) is 3.37. The average molecular weight is 321 g/mol. The second kappa shape index (κ2) is 6.66. The van der Waals surface area contributed by atoms with E-state index in [1.807, 2.05) is 55.5 Å². The Morgan fingerprint density at radius 1 is 1.08 bits per heavy atom. The second-order valence-corrected chi connectivity index (χ2v) is 5.87. The number of carbonyl (C=O) groups excluding carboxylic acids is 2. The number of hydrogen-bond donors (Lipinski definition) is 1. The molecular formula is C19H19N3O2. The molecule has 1 N–H and O–H groups in total. The number of anilines is 1. The van der Waals surface area contributed by atoms with E-state index in [2.05, 4.69) is 10.3 Å². The van der Waals surface area contributed by atoms with Gasteiger partial charge in [-0.2, -0.15) is 0 Å². The summed E-state index contributed by atoms with van der Waals surface area (Å²) in [5.41, 5.74) is 3.13. The molecule has 0 unspecified atom stereocenters.